The van der Waals surface area contributed by atoms with Crippen LogP contribution in [0.2, 0.25) is 0 Å². The molecule has 28 heavy (non-hydrogen) atoms. The SMILES string of the molecule is O=C(CCC1CCCC1)N1CCC2(CC1)NCC(=O)N2Cc1ccccc1F. The first-order chi connectivity index (χ1) is 13.6. The van der Waals surface area contributed by atoms with Crippen LogP contribution < -0.4 is 5.32 Å². The van der Waals surface area contributed by atoms with E-state index >= 15 is 0 Å². The fourth-order valence-electron chi connectivity index (χ4n) is 5.06. The molecule has 0 radical (unpaired) electrons. The zero-order chi connectivity index (χ0) is 19.6. The van der Waals surface area contributed by atoms with Gasteiger partial charge in [0.25, 0.3) is 0 Å². The van der Waals surface area contributed by atoms with E-state index in [0.29, 0.717) is 37.9 Å². The highest BCUT2D eigenvalue weighted by Gasteiger charge is 2.47. The number of rotatable bonds is 5. The van der Waals surface area contributed by atoms with E-state index in [1.807, 2.05) is 4.90 Å². The number of amides is 2. The van der Waals surface area contributed by atoms with Crippen LogP contribution in [-0.2, 0) is 16.1 Å². The van der Waals surface area contributed by atoms with Crippen molar-refractivity contribution in [3.63, 3.8) is 0 Å². The number of carbonyl (C=O) groups is 2. The van der Waals surface area contributed by atoms with Crippen LogP contribution in [0.5, 0.6) is 0 Å². The van der Waals surface area contributed by atoms with Crippen LogP contribution in [0, 0.1) is 11.7 Å². The van der Waals surface area contributed by atoms with Crippen LogP contribution in [0.15, 0.2) is 24.3 Å². The van der Waals surface area contributed by atoms with Gasteiger partial charge in [0.05, 0.1) is 18.8 Å². The van der Waals surface area contributed by atoms with Gasteiger partial charge < -0.3 is 9.80 Å². The largest absolute Gasteiger partial charge is 0.342 e. The summed E-state index contributed by atoms with van der Waals surface area (Å²) in [5.74, 6) is 0.693. The zero-order valence-corrected chi connectivity index (χ0v) is 16.5. The maximum atomic E-state index is 14.1. The third kappa shape index (κ3) is 3.93. The topological polar surface area (TPSA) is 52.7 Å². The van der Waals surface area contributed by atoms with Crippen molar-refractivity contribution in [2.24, 2.45) is 5.92 Å². The van der Waals surface area contributed by atoms with E-state index < -0.39 is 5.66 Å². The molecule has 2 aliphatic heterocycles. The Hall–Kier alpha value is -1.95. The average Bonchev–Trinajstić information content (AvgIpc) is 3.33. The summed E-state index contributed by atoms with van der Waals surface area (Å²) < 4.78 is 14.1. The molecule has 0 unspecified atom stereocenters. The molecule has 0 atom stereocenters. The molecule has 1 aliphatic carbocycles. The summed E-state index contributed by atoms with van der Waals surface area (Å²) in [7, 11) is 0. The number of halogens is 1. The van der Waals surface area contributed by atoms with Gasteiger partial charge in [-0.2, -0.15) is 0 Å². The first kappa shape index (κ1) is 19.4. The molecule has 0 bridgehead atoms. The fourth-order valence-corrected chi connectivity index (χ4v) is 5.06. The number of hydrogen-bond donors (Lipinski definition) is 1. The molecule has 2 saturated heterocycles. The second-order valence-electron chi connectivity index (χ2n) is 8.53. The first-order valence-electron chi connectivity index (χ1n) is 10.6. The van der Waals surface area contributed by atoms with E-state index in [9.17, 15) is 14.0 Å². The van der Waals surface area contributed by atoms with Crippen molar-refractivity contribution < 1.29 is 14.0 Å². The van der Waals surface area contributed by atoms with Gasteiger partial charge in [0.15, 0.2) is 0 Å². The lowest BCUT2D eigenvalue weighted by Crippen LogP contribution is -2.59. The number of carbonyl (C=O) groups excluding carboxylic acids is 2. The fraction of sp³-hybridized carbons (Fsp3) is 0.636. The second-order valence-corrected chi connectivity index (χ2v) is 8.53. The minimum Gasteiger partial charge on any atom is -0.342 e. The lowest BCUT2D eigenvalue weighted by Gasteiger charge is -2.44. The van der Waals surface area contributed by atoms with Crippen molar-refractivity contribution in [3.8, 4) is 0 Å². The Morgan fingerprint density at radius 1 is 1.18 bits per heavy atom. The van der Waals surface area contributed by atoms with E-state index in [4.69, 9.17) is 0 Å². The Morgan fingerprint density at radius 2 is 1.89 bits per heavy atom. The molecule has 1 spiro atoms. The van der Waals surface area contributed by atoms with Gasteiger partial charge >= 0.3 is 0 Å². The predicted molar refractivity (Wildman–Crippen MR) is 105 cm³/mol. The third-order valence-electron chi connectivity index (χ3n) is 6.86. The molecule has 4 rings (SSSR count). The average molecular weight is 387 g/mol. The van der Waals surface area contributed by atoms with Gasteiger partial charge in [0.1, 0.15) is 5.82 Å². The summed E-state index contributed by atoms with van der Waals surface area (Å²) in [6.07, 6.45) is 8.20. The van der Waals surface area contributed by atoms with Gasteiger partial charge in [-0.3, -0.25) is 14.9 Å². The Labute approximate surface area is 166 Å². The van der Waals surface area contributed by atoms with Crippen LogP contribution in [0.3, 0.4) is 0 Å². The summed E-state index contributed by atoms with van der Waals surface area (Å²) in [6, 6.07) is 6.62. The van der Waals surface area contributed by atoms with Gasteiger partial charge in [-0.25, -0.2) is 4.39 Å². The number of nitrogens with zero attached hydrogens (tertiary/aromatic N) is 2. The summed E-state index contributed by atoms with van der Waals surface area (Å²) in [4.78, 5) is 28.8. The standard InChI is InChI=1S/C22H30FN3O2/c23-19-8-4-3-7-18(19)16-26-21(28)15-24-22(26)11-13-25(14-12-22)20(27)10-9-17-5-1-2-6-17/h3-4,7-8,17,24H,1-2,5-6,9-16H2. The summed E-state index contributed by atoms with van der Waals surface area (Å²) >= 11 is 0. The molecule has 3 aliphatic rings. The van der Waals surface area contributed by atoms with Crippen LogP contribution in [-0.4, -0.2) is 46.9 Å². The Kier molecular flexibility index (Phi) is 5.67. The molecule has 1 N–H and O–H groups in total. The Bertz CT molecular complexity index is 724. The van der Waals surface area contributed by atoms with Crippen LogP contribution >= 0.6 is 0 Å². The quantitative estimate of drug-likeness (QED) is 0.845. The molecule has 1 aromatic rings. The van der Waals surface area contributed by atoms with E-state index in [1.165, 1.54) is 31.7 Å². The minimum atomic E-state index is -0.457. The van der Waals surface area contributed by atoms with Crippen LogP contribution in [0.25, 0.3) is 0 Å². The highest BCUT2D eigenvalue weighted by atomic mass is 19.1. The number of nitrogens with one attached hydrogen (secondary N) is 1. The third-order valence-corrected chi connectivity index (χ3v) is 6.86. The Balaban J connectivity index is 1.35. The molecule has 2 amide bonds. The summed E-state index contributed by atoms with van der Waals surface area (Å²) in [6.45, 7) is 1.85. The molecule has 152 valence electrons. The maximum Gasteiger partial charge on any atom is 0.238 e. The van der Waals surface area contributed by atoms with E-state index in [2.05, 4.69) is 5.32 Å². The number of likely N-dealkylation sites (tertiary alicyclic amines) is 1. The molecule has 2 heterocycles. The van der Waals surface area contributed by atoms with Crippen molar-refractivity contribution in [1.82, 2.24) is 15.1 Å². The van der Waals surface area contributed by atoms with Gasteiger partial charge in [-0.05, 0) is 18.4 Å². The number of hydrogen-bond acceptors (Lipinski definition) is 3. The highest BCUT2D eigenvalue weighted by molar-refractivity contribution is 5.82. The number of piperidine rings is 1. The zero-order valence-electron chi connectivity index (χ0n) is 16.5. The van der Waals surface area contributed by atoms with Crippen molar-refractivity contribution >= 4 is 11.8 Å². The van der Waals surface area contributed by atoms with Crippen molar-refractivity contribution in [3.05, 3.63) is 35.6 Å². The second kappa shape index (κ2) is 8.19. The smallest absolute Gasteiger partial charge is 0.238 e. The van der Waals surface area contributed by atoms with E-state index in [-0.39, 0.29) is 30.7 Å². The lowest BCUT2D eigenvalue weighted by atomic mass is 9.94. The van der Waals surface area contributed by atoms with Gasteiger partial charge in [0, 0.05) is 37.9 Å². The number of benzene rings is 1. The molecule has 6 heteroatoms. The lowest BCUT2D eigenvalue weighted by molar-refractivity contribution is -0.137. The first-order valence-corrected chi connectivity index (χ1v) is 10.6. The summed E-state index contributed by atoms with van der Waals surface area (Å²) in [5.41, 5.74) is 0.0794. The van der Waals surface area contributed by atoms with E-state index in [0.717, 1.165) is 12.3 Å². The monoisotopic (exact) mass is 387 g/mol. The highest BCUT2D eigenvalue weighted by Crippen LogP contribution is 2.33. The van der Waals surface area contributed by atoms with Crippen molar-refractivity contribution in [2.45, 2.75) is 63.6 Å². The molecule has 5 nitrogen and oxygen atoms in total. The van der Waals surface area contributed by atoms with Crippen LogP contribution in [0.4, 0.5) is 4.39 Å². The van der Waals surface area contributed by atoms with Crippen molar-refractivity contribution in [1.29, 1.82) is 0 Å². The van der Waals surface area contributed by atoms with Gasteiger partial charge in [-0.1, -0.05) is 43.9 Å². The van der Waals surface area contributed by atoms with E-state index in [1.54, 1.807) is 23.1 Å². The predicted octanol–water partition coefficient (Wildman–Crippen LogP) is 3.05. The van der Waals surface area contributed by atoms with Gasteiger partial charge in [-0.15, -0.1) is 0 Å². The van der Waals surface area contributed by atoms with Gasteiger partial charge in [0.2, 0.25) is 11.8 Å². The Morgan fingerprint density at radius 3 is 2.61 bits per heavy atom. The molecule has 3 fully saturated rings. The van der Waals surface area contributed by atoms with Crippen LogP contribution in [0.1, 0.15) is 56.9 Å². The minimum absolute atomic E-state index is 0.00395. The maximum absolute atomic E-state index is 14.1. The molecule has 0 aromatic heterocycles. The van der Waals surface area contributed by atoms with Crippen molar-refractivity contribution in [2.75, 3.05) is 19.6 Å². The summed E-state index contributed by atoms with van der Waals surface area (Å²) in [5, 5.41) is 3.36. The molecular formula is C22H30FN3O2. The molecule has 1 saturated carbocycles. The molecule has 1 aromatic carbocycles. The molecular weight excluding hydrogens is 357 g/mol. The normalized spacial score (nSPS) is 22.4.